The van der Waals surface area contributed by atoms with Gasteiger partial charge in [-0.2, -0.15) is 0 Å². The highest BCUT2D eigenvalue weighted by atomic mass is 35.5. The molecule has 0 saturated heterocycles. The highest BCUT2D eigenvalue weighted by Crippen LogP contribution is 2.25. The lowest BCUT2D eigenvalue weighted by Gasteiger charge is -2.14. The van der Waals surface area contributed by atoms with E-state index in [0.717, 1.165) is 18.9 Å². The molecule has 0 aliphatic carbocycles. The average molecular weight is 329 g/mol. The average Bonchev–Trinajstić information content (AvgIpc) is 2.50. The molecule has 1 amide bonds. The summed E-state index contributed by atoms with van der Waals surface area (Å²) in [5.41, 5.74) is -0.427. The molecule has 22 heavy (non-hydrogen) atoms. The standard InChI is InChI=1S/C14H17ClN2O5/c1-3-10(4-2)16-13(18)8-22-14(19)9-5-6-11(15)12(7-9)17(20)21/h5-7,10H,3-4,8H2,1-2H3,(H,16,18). The minimum atomic E-state index is -0.820. The van der Waals surface area contributed by atoms with Crippen LogP contribution in [-0.2, 0) is 9.53 Å². The van der Waals surface area contributed by atoms with Gasteiger partial charge < -0.3 is 10.1 Å². The highest BCUT2D eigenvalue weighted by molar-refractivity contribution is 6.32. The molecule has 0 unspecified atom stereocenters. The third-order valence-electron chi connectivity index (χ3n) is 3.06. The van der Waals surface area contributed by atoms with Crippen molar-refractivity contribution in [3.63, 3.8) is 0 Å². The van der Waals surface area contributed by atoms with E-state index in [0.29, 0.717) is 0 Å². The second-order valence-corrected chi connectivity index (χ2v) is 4.99. The molecule has 8 heteroatoms. The fourth-order valence-electron chi connectivity index (χ4n) is 1.76. The number of halogens is 1. The fourth-order valence-corrected chi connectivity index (χ4v) is 1.94. The second kappa shape index (κ2) is 8.33. The first-order valence-electron chi connectivity index (χ1n) is 6.79. The predicted octanol–water partition coefficient (Wildman–Crippen LogP) is 2.71. The first-order chi connectivity index (χ1) is 10.4. The van der Waals surface area contributed by atoms with Crippen LogP contribution in [0.2, 0.25) is 5.02 Å². The van der Waals surface area contributed by atoms with Gasteiger partial charge in [-0.05, 0) is 25.0 Å². The van der Waals surface area contributed by atoms with Crippen LogP contribution in [0.1, 0.15) is 37.0 Å². The van der Waals surface area contributed by atoms with Crippen molar-refractivity contribution < 1.29 is 19.2 Å². The molecule has 0 atom stereocenters. The van der Waals surface area contributed by atoms with E-state index < -0.39 is 29.1 Å². The number of carbonyl (C=O) groups is 2. The minimum absolute atomic E-state index is 0.0304. The molecule has 0 bridgehead atoms. The highest BCUT2D eigenvalue weighted by Gasteiger charge is 2.18. The largest absolute Gasteiger partial charge is 0.452 e. The van der Waals surface area contributed by atoms with Gasteiger partial charge in [-0.1, -0.05) is 25.4 Å². The molecule has 0 aliphatic heterocycles. The number of nitro benzene ring substituents is 1. The number of nitrogens with one attached hydrogen (secondary N) is 1. The van der Waals surface area contributed by atoms with Gasteiger partial charge in [0.2, 0.25) is 0 Å². The SMILES string of the molecule is CCC(CC)NC(=O)COC(=O)c1ccc(Cl)c([N+](=O)[O-])c1. The van der Waals surface area contributed by atoms with E-state index in [9.17, 15) is 19.7 Å². The number of nitrogens with zero attached hydrogens (tertiary/aromatic N) is 1. The topological polar surface area (TPSA) is 98.5 Å². The third-order valence-corrected chi connectivity index (χ3v) is 3.38. The van der Waals surface area contributed by atoms with Gasteiger partial charge in [0.15, 0.2) is 6.61 Å². The Balaban J connectivity index is 2.64. The molecule has 0 fully saturated rings. The molecule has 7 nitrogen and oxygen atoms in total. The van der Waals surface area contributed by atoms with E-state index >= 15 is 0 Å². The van der Waals surface area contributed by atoms with Gasteiger partial charge in [-0.25, -0.2) is 4.79 Å². The fraction of sp³-hybridized carbons (Fsp3) is 0.429. The summed E-state index contributed by atoms with van der Waals surface area (Å²) in [6.45, 7) is 3.44. The number of amides is 1. The van der Waals surface area contributed by atoms with Crippen LogP contribution in [0, 0.1) is 10.1 Å². The van der Waals surface area contributed by atoms with Crippen molar-refractivity contribution in [1.82, 2.24) is 5.32 Å². The van der Waals surface area contributed by atoms with E-state index in [1.54, 1.807) is 0 Å². The Bertz CT molecular complexity index is 572. The van der Waals surface area contributed by atoms with Crippen molar-refractivity contribution in [2.75, 3.05) is 6.61 Å². The van der Waals surface area contributed by atoms with Crippen LogP contribution in [0.4, 0.5) is 5.69 Å². The summed E-state index contributed by atoms with van der Waals surface area (Å²) in [6.07, 6.45) is 1.55. The molecule has 0 radical (unpaired) electrons. The van der Waals surface area contributed by atoms with Gasteiger partial charge in [0.05, 0.1) is 10.5 Å². The van der Waals surface area contributed by atoms with Crippen LogP contribution < -0.4 is 5.32 Å². The monoisotopic (exact) mass is 328 g/mol. The van der Waals surface area contributed by atoms with Crippen molar-refractivity contribution in [2.24, 2.45) is 0 Å². The quantitative estimate of drug-likeness (QED) is 0.471. The van der Waals surface area contributed by atoms with Crippen molar-refractivity contribution in [1.29, 1.82) is 0 Å². The Morgan fingerprint density at radius 2 is 2.00 bits per heavy atom. The Morgan fingerprint density at radius 3 is 2.55 bits per heavy atom. The van der Waals surface area contributed by atoms with Crippen LogP contribution in [0.15, 0.2) is 18.2 Å². The van der Waals surface area contributed by atoms with Gasteiger partial charge in [0, 0.05) is 12.1 Å². The number of nitro groups is 1. The molecular formula is C14H17ClN2O5. The Kier molecular flexibility index (Phi) is 6.78. The maximum absolute atomic E-state index is 11.8. The third kappa shape index (κ3) is 5.00. The van der Waals surface area contributed by atoms with Crippen LogP contribution in [0.3, 0.4) is 0 Å². The molecule has 0 spiro atoms. The van der Waals surface area contributed by atoms with E-state index in [-0.39, 0.29) is 16.6 Å². The Labute approximate surface area is 132 Å². The van der Waals surface area contributed by atoms with Crippen LogP contribution in [0.5, 0.6) is 0 Å². The summed E-state index contributed by atoms with van der Waals surface area (Å²) < 4.78 is 4.84. The van der Waals surface area contributed by atoms with Gasteiger partial charge in [-0.3, -0.25) is 14.9 Å². The number of rotatable bonds is 7. The molecule has 0 aromatic heterocycles. The summed E-state index contributed by atoms with van der Waals surface area (Å²) >= 11 is 5.65. The molecule has 0 heterocycles. The van der Waals surface area contributed by atoms with E-state index in [4.69, 9.17) is 16.3 Å². The van der Waals surface area contributed by atoms with Crippen LogP contribution >= 0.6 is 11.6 Å². The number of hydrogen-bond acceptors (Lipinski definition) is 5. The Morgan fingerprint density at radius 1 is 1.36 bits per heavy atom. The lowest BCUT2D eigenvalue weighted by Crippen LogP contribution is -2.36. The normalized spacial score (nSPS) is 10.4. The van der Waals surface area contributed by atoms with Crippen molar-refractivity contribution in [3.8, 4) is 0 Å². The molecule has 1 rings (SSSR count). The van der Waals surface area contributed by atoms with Gasteiger partial charge >= 0.3 is 5.97 Å². The number of esters is 1. The van der Waals surface area contributed by atoms with Gasteiger partial charge in [0.25, 0.3) is 11.6 Å². The lowest BCUT2D eigenvalue weighted by molar-refractivity contribution is -0.384. The summed E-state index contributed by atoms with van der Waals surface area (Å²) in [6, 6.07) is 3.59. The first-order valence-corrected chi connectivity index (χ1v) is 7.17. The Hall–Kier alpha value is -2.15. The number of hydrogen-bond donors (Lipinski definition) is 1. The van der Waals surface area contributed by atoms with Gasteiger partial charge in [0.1, 0.15) is 5.02 Å². The smallest absolute Gasteiger partial charge is 0.338 e. The molecule has 1 aromatic rings. The molecule has 1 aromatic carbocycles. The zero-order chi connectivity index (χ0) is 16.7. The maximum Gasteiger partial charge on any atom is 0.338 e. The summed E-state index contributed by atoms with van der Waals surface area (Å²) in [5, 5.41) is 13.4. The summed E-state index contributed by atoms with van der Waals surface area (Å²) in [4.78, 5) is 33.5. The predicted molar refractivity (Wildman–Crippen MR) is 80.9 cm³/mol. The molecule has 1 N–H and O–H groups in total. The summed E-state index contributed by atoms with van der Waals surface area (Å²) in [5.74, 6) is -1.23. The number of carbonyl (C=O) groups excluding carboxylic acids is 2. The maximum atomic E-state index is 11.8. The van der Waals surface area contributed by atoms with Gasteiger partial charge in [-0.15, -0.1) is 0 Å². The van der Waals surface area contributed by atoms with Crippen molar-refractivity contribution in [3.05, 3.63) is 38.9 Å². The zero-order valence-corrected chi connectivity index (χ0v) is 13.1. The molecule has 0 aliphatic rings. The number of ether oxygens (including phenoxy) is 1. The van der Waals surface area contributed by atoms with Crippen LogP contribution in [-0.4, -0.2) is 29.4 Å². The van der Waals surface area contributed by atoms with Crippen molar-refractivity contribution in [2.45, 2.75) is 32.7 Å². The molecular weight excluding hydrogens is 312 g/mol. The van der Waals surface area contributed by atoms with E-state index in [2.05, 4.69) is 5.32 Å². The van der Waals surface area contributed by atoms with Crippen LogP contribution in [0.25, 0.3) is 0 Å². The second-order valence-electron chi connectivity index (χ2n) is 4.58. The molecule has 0 saturated carbocycles. The van der Waals surface area contributed by atoms with E-state index in [1.807, 2.05) is 13.8 Å². The lowest BCUT2D eigenvalue weighted by atomic mass is 10.2. The number of benzene rings is 1. The van der Waals surface area contributed by atoms with E-state index in [1.165, 1.54) is 12.1 Å². The van der Waals surface area contributed by atoms with Crippen molar-refractivity contribution >= 4 is 29.2 Å². The first kappa shape index (κ1) is 17.9. The molecule has 120 valence electrons. The zero-order valence-electron chi connectivity index (χ0n) is 12.3. The minimum Gasteiger partial charge on any atom is -0.452 e. The summed E-state index contributed by atoms with van der Waals surface area (Å²) in [7, 11) is 0.